The lowest BCUT2D eigenvalue weighted by Crippen LogP contribution is -2.71. The van der Waals surface area contributed by atoms with E-state index < -0.39 is 0 Å². The Labute approximate surface area is 165 Å². The third kappa shape index (κ3) is 3.39. The molecule has 2 aliphatic carbocycles. The molecule has 0 radical (unpaired) electrons. The second-order valence-electron chi connectivity index (χ2n) is 8.66. The highest BCUT2D eigenvalue weighted by atomic mass is 32.2. The van der Waals surface area contributed by atoms with Crippen molar-refractivity contribution in [2.24, 2.45) is 5.92 Å². The third-order valence-corrected chi connectivity index (χ3v) is 8.24. The van der Waals surface area contributed by atoms with E-state index in [2.05, 4.69) is 29.2 Å². The molecule has 2 bridgehead atoms. The molecule has 3 aliphatic heterocycles. The Morgan fingerprint density at radius 2 is 1.70 bits per heavy atom. The number of carbonyl (C=O) groups excluding carboxylic acids is 2. The van der Waals surface area contributed by atoms with Gasteiger partial charge in [0.05, 0.1) is 17.8 Å². The standard InChI is InChI=1S/C22H28N2O2S/c25-21(14-27-18-8-4-5-9-18)23-12-16-10-17(13-23)24(16)22(26)20-11-19(20)15-6-2-1-3-7-15/h1-3,6-7,16-20H,4-5,8-14H2/t16?,17?,19?,20-/m0/s1. The van der Waals surface area contributed by atoms with E-state index in [4.69, 9.17) is 0 Å². The van der Waals surface area contributed by atoms with E-state index in [-0.39, 0.29) is 23.9 Å². The van der Waals surface area contributed by atoms with Gasteiger partial charge in [0.2, 0.25) is 11.8 Å². The summed E-state index contributed by atoms with van der Waals surface area (Å²) in [4.78, 5) is 29.7. The zero-order valence-corrected chi connectivity index (χ0v) is 16.6. The maximum Gasteiger partial charge on any atom is 0.232 e. The predicted molar refractivity (Wildman–Crippen MR) is 108 cm³/mol. The first-order chi connectivity index (χ1) is 13.2. The molecule has 5 aliphatic rings. The maximum atomic E-state index is 13.0. The van der Waals surface area contributed by atoms with E-state index in [1.54, 1.807) is 0 Å². The molecule has 27 heavy (non-hydrogen) atoms. The first kappa shape index (κ1) is 17.6. The zero-order valence-electron chi connectivity index (χ0n) is 15.8. The smallest absolute Gasteiger partial charge is 0.232 e. The Morgan fingerprint density at radius 3 is 2.41 bits per heavy atom. The van der Waals surface area contributed by atoms with Crippen molar-refractivity contribution in [3.8, 4) is 0 Å². The van der Waals surface area contributed by atoms with Crippen molar-refractivity contribution < 1.29 is 9.59 Å². The number of thioether (sulfide) groups is 1. The van der Waals surface area contributed by atoms with Gasteiger partial charge in [-0.25, -0.2) is 0 Å². The summed E-state index contributed by atoms with van der Waals surface area (Å²) in [7, 11) is 0. The molecule has 2 saturated carbocycles. The summed E-state index contributed by atoms with van der Waals surface area (Å²) in [5.41, 5.74) is 1.29. The summed E-state index contributed by atoms with van der Waals surface area (Å²) >= 11 is 1.85. The van der Waals surface area contributed by atoms with E-state index in [9.17, 15) is 9.59 Å². The van der Waals surface area contributed by atoms with Gasteiger partial charge < -0.3 is 9.80 Å². The minimum Gasteiger partial charge on any atom is -0.338 e. The van der Waals surface area contributed by atoms with Gasteiger partial charge in [-0.05, 0) is 37.2 Å². The lowest BCUT2D eigenvalue weighted by atomic mass is 9.86. The molecule has 1 aromatic rings. The molecule has 3 heterocycles. The van der Waals surface area contributed by atoms with Crippen LogP contribution in [0, 0.1) is 5.92 Å². The van der Waals surface area contributed by atoms with Crippen molar-refractivity contribution in [1.82, 2.24) is 9.80 Å². The Kier molecular flexibility index (Phi) is 4.66. The molecular weight excluding hydrogens is 356 g/mol. The number of hydrogen-bond acceptors (Lipinski definition) is 3. The van der Waals surface area contributed by atoms with Crippen LogP contribution < -0.4 is 0 Å². The van der Waals surface area contributed by atoms with Crippen molar-refractivity contribution in [1.29, 1.82) is 0 Å². The molecule has 1 aromatic carbocycles. The van der Waals surface area contributed by atoms with Crippen LogP contribution >= 0.6 is 11.8 Å². The normalized spacial score (nSPS) is 32.3. The molecule has 0 spiro atoms. The van der Waals surface area contributed by atoms with E-state index >= 15 is 0 Å². The number of hydrogen-bond donors (Lipinski definition) is 0. The van der Waals surface area contributed by atoms with Gasteiger partial charge in [-0.1, -0.05) is 43.2 Å². The minimum absolute atomic E-state index is 0.165. The maximum absolute atomic E-state index is 13.0. The molecule has 4 nitrogen and oxygen atoms in total. The summed E-state index contributed by atoms with van der Waals surface area (Å²) in [5.74, 6) is 1.80. The fraction of sp³-hybridized carbons (Fsp3) is 0.636. The number of carbonyl (C=O) groups is 2. The van der Waals surface area contributed by atoms with E-state index in [0.717, 1.165) is 25.9 Å². The number of nitrogens with zero attached hydrogens (tertiary/aromatic N) is 2. The largest absolute Gasteiger partial charge is 0.338 e. The molecule has 5 heteroatoms. The highest BCUT2D eigenvalue weighted by Crippen LogP contribution is 2.50. The number of amides is 2. The van der Waals surface area contributed by atoms with Crippen LogP contribution in [-0.2, 0) is 9.59 Å². The van der Waals surface area contributed by atoms with Crippen LogP contribution in [0.5, 0.6) is 0 Å². The second-order valence-corrected chi connectivity index (χ2v) is 9.95. The van der Waals surface area contributed by atoms with Crippen molar-refractivity contribution in [2.75, 3.05) is 18.8 Å². The molecule has 0 N–H and O–H groups in total. The van der Waals surface area contributed by atoms with Gasteiger partial charge in [0.15, 0.2) is 0 Å². The first-order valence-electron chi connectivity index (χ1n) is 10.5. The van der Waals surface area contributed by atoms with Gasteiger partial charge in [-0.2, -0.15) is 0 Å². The molecule has 2 amide bonds. The van der Waals surface area contributed by atoms with Crippen LogP contribution in [0.3, 0.4) is 0 Å². The Bertz CT molecular complexity index is 706. The molecule has 6 rings (SSSR count). The summed E-state index contributed by atoms with van der Waals surface area (Å²) < 4.78 is 0. The van der Waals surface area contributed by atoms with Crippen molar-refractivity contribution in [2.45, 2.75) is 61.8 Å². The molecule has 144 valence electrons. The molecule has 3 unspecified atom stereocenters. The van der Waals surface area contributed by atoms with Crippen LogP contribution in [0.1, 0.15) is 50.0 Å². The van der Waals surface area contributed by atoms with E-state index in [0.29, 0.717) is 22.8 Å². The Hall–Kier alpha value is -1.49. The van der Waals surface area contributed by atoms with Crippen LogP contribution in [0.4, 0.5) is 0 Å². The Balaban J connectivity index is 1.13. The van der Waals surface area contributed by atoms with Gasteiger partial charge >= 0.3 is 0 Å². The van der Waals surface area contributed by atoms with Gasteiger partial charge in [-0.3, -0.25) is 9.59 Å². The average Bonchev–Trinajstić information content (AvgIpc) is 3.34. The van der Waals surface area contributed by atoms with Gasteiger partial charge in [0.1, 0.15) is 0 Å². The highest BCUT2D eigenvalue weighted by molar-refractivity contribution is 8.00. The number of fused-ring (bicyclic) bond motifs is 2. The summed E-state index contributed by atoms with van der Waals surface area (Å²) in [5, 5.41) is 0.691. The number of rotatable bonds is 5. The molecule has 4 atom stereocenters. The summed E-state index contributed by atoms with van der Waals surface area (Å²) in [6.07, 6.45) is 7.25. The van der Waals surface area contributed by atoms with Crippen molar-refractivity contribution in [3.63, 3.8) is 0 Å². The number of piperazine rings is 1. The van der Waals surface area contributed by atoms with Crippen LogP contribution in [-0.4, -0.2) is 57.8 Å². The molecule has 3 saturated heterocycles. The van der Waals surface area contributed by atoms with Gasteiger partial charge in [0.25, 0.3) is 0 Å². The lowest BCUT2D eigenvalue weighted by Gasteiger charge is -2.56. The summed E-state index contributed by atoms with van der Waals surface area (Å²) in [6, 6.07) is 10.9. The van der Waals surface area contributed by atoms with Gasteiger partial charge in [-0.15, -0.1) is 11.8 Å². The van der Waals surface area contributed by atoms with Crippen LogP contribution in [0.15, 0.2) is 30.3 Å². The molecular formula is C22H28N2O2S. The second kappa shape index (κ2) is 7.16. The average molecular weight is 385 g/mol. The van der Waals surface area contributed by atoms with Crippen LogP contribution in [0.25, 0.3) is 0 Å². The van der Waals surface area contributed by atoms with E-state index in [1.807, 2.05) is 22.7 Å². The van der Waals surface area contributed by atoms with Gasteiger partial charge in [0, 0.05) is 24.3 Å². The zero-order chi connectivity index (χ0) is 18.4. The number of benzene rings is 1. The fourth-order valence-corrected chi connectivity index (χ4v) is 6.46. The SMILES string of the molecule is O=C(CSC1CCCC1)N1CC2CC(C1)N2C(=O)[C@H]1CC1c1ccccc1. The first-order valence-corrected chi connectivity index (χ1v) is 11.5. The minimum atomic E-state index is 0.165. The number of piperidine rings is 1. The fourth-order valence-electron chi connectivity index (χ4n) is 5.24. The quantitative estimate of drug-likeness (QED) is 0.782. The van der Waals surface area contributed by atoms with E-state index in [1.165, 1.54) is 31.2 Å². The monoisotopic (exact) mass is 384 g/mol. The lowest BCUT2D eigenvalue weighted by molar-refractivity contribution is -0.161. The van der Waals surface area contributed by atoms with Crippen molar-refractivity contribution >= 4 is 23.6 Å². The van der Waals surface area contributed by atoms with Crippen molar-refractivity contribution in [3.05, 3.63) is 35.9 Å². The topological polar surface area (TPSA) is 40.6 Å². The molecule has 5 fully saturated rings. The predicted octanol–water partition coefficient (Wildman–Crippen LogP) is 3.28. The Morgan fingerprint density at radius 1 is 1.00 bits per heavy atom. The van der Waals surface area contributed by atoms with Crippen LogP contribution in [0.2, 0.25) is 0 Å². The highest BCUT2D eigenvalue weighted by Gasteiger charge is 2.54. The molecule has 0 aromatic heterocycles. The third-order valence-electron chi connectivity index (χ3n) is 6.88. The summed E-state index contributed by atoms with van der Waals surface area (Å²) in [6.45, 7) is 1.49.